The molecule has 0 saturated carbocycles. The Labute approximate surface area is 109 Å². The van der Waals surface area contributed by atoms with E-state index in [1.807, 2.05) is 13.8 Å². The average molecular weight is 293 g/mol. The molecule has 0 amide bonds. The third-order valence-electron chi connectivity index (χ3n) is 1.37. The number of carbonyl (C=O) groups excluding carboxylic acids is 1. The Morgan fingerprint density at radius 1 is 1.44 bits per heavy atom. The molecule has 0 unspecified atom stereocenters. The highest BCUT2D eigenvalue weighted by molar-refractivity contribution is 8.20. The van der Waals surface area contributed by atoms with Crippen LogP contribution in [-0.2, 0) is 4.79 Å². The summed E-state index contributed by atoms with van der Waals surface area (Å²) >= 11 is 0. The quantitative estimate of drug-likeness (QED) is 0.555. The Bertz CT molecular complexity index is 183. The fourth-order valence-electron chi connectivity index (χ4n) is 0.666. The molecule has 6 nitrogen and oxygen atoms in total. The van der Waals surface area contributed by atoms with Gasteiger partial charge in [0.1, 0.15) is 6.29 Å². The van der Waals surface area contributed by atoms with E-state index in [1.54, 1.807) is 6.92 Å². The van der Waals surface area contributed by atoms with Crippen LogP contribution in [0.1, 0.15) is 20.8 Å². The smallest absolute Gasteiger partial charge is 0.250 e. The van der Waals surface area contributed by atoms with Crippen molar-refractivity contribution in [3.05, 3.63) is 0 Å². The molecule has 0 radical (unpaired) electrons. The van der Waals surface area contributed by atoms with Gasteiger partial charge >= 0.3 is 0 Å². The predicted molar refractivity (Wildman–Crippen MR) is 71.6 cm³/mol. The average Bonchev–Trinajstić information content (AvgIpc) is 2.27. The predicted octanol–water partition coefficient (Wildman–Crippen LogP) is 1.54. The number of rotatable bonds is 6. The summed E-state index contributed by atoms with van der Waals surface area (Å²) in [7, 11) is -1.68. The lowest BCUT2D eigenvalue weighted by atomic mass is 10.6. The van der Waals surface area contributed by atoms with E-state index in [-0.39, 0.29) is 13.1 Å². The van der Waals surface area contributed by atoms with Crippen LogP contribution in [0.4, 0.5) is 8.78 Å². The van der Waals surface area contributed by atoms with Crippen LogP contribution in [-0.4, -0.2) is 52.8 Å². The van der Waals surface area contributed by atoms with Crippen LogP contribution < -0.4 is 10.5 Å². The lowest BCUT2D eigenvalue weighted by Crippen LogP contribution is -2.33. The van der Waals surface area contributed by atoms with E-state index in [2.05, 4.69) is 5.32 Å². The zero-order valence-electron chi connectivity index (χ0n) is 11.3. The number of hydrogen-bond acceptors (Lipinski definition) is 6. The first-order valence-electron chi connectivity index (χ1n) is 5.47. The van der Waals surface area contributed by atoms with Crippen molar-refractivity contribution in [2.75, 3.05) is 26.7 Å². The number of halogens is 2. The van der Waals surface area contributed by atoms with E-state index in [1.165, 1.54) is 7.05 Å². The lowest BCUT2D eigenvalue weighted by molar-refractivity contribution is -0.108. The molecule has 114 valence electrons. The summed E-state index contributed by atoms with van der Waals surface area (Å²) in [5.74, 6) is 0. The highest BCUT2D eigenvalue weighted by Crippen LogP contribution is 2.32. The van der Waals surface area contributed by atoms with Crippen molar-refractivity contribution in [3.8, 4) is 0 Å². The third-order valence-corrected chi connectivity index (χ3v) is 2.54. The second-order valence-electron chi connectivity index (χ2n) is 2.66. The van der Waals surface area contributed by atoms with E-state index in [9.17, 15) is 13.6 Å². The fourth-order valence-corrected chi connectivity index (χ4v) is 1.33. The van der Waals surface area contributed by atoms with Crippen LogP contribution in [0.25, 0.3) is 0 Å². The third kappa shape index (κ3) is 18.1. The molecular formula is C9H25F2N3O3S. The molecule has 5 N–H and O–H groups in total. The number of nitrogens with zero attached hydrogens (tertiary/aromatic N) is 1. The first-order chi connectivity index (χ1) is 8.29. The van der Waals surface area contributed by atoms with Gasteiger partial charge in [-0.25, -0.2) is 13.9 Å². The van der Waals surface area contributed by atoms with E-state index in [4.69, 9.17) is 14.2 Å². The molecule has 0 saturated heterocycles. The Balaban J connectivity index is -0.000000241. The number of alkyl halides is 2. The number of aldehydes is 1. The molecule has 0 spiro atoms. The van der Waals surface area contributed by atoms with Gasteiger partial charge in [0.05, 0.1) is 13.1 Å². The molecule has 0 bridgehead atoms. The zero-order valence-corrected chi connectivity index (χ0v) is 12.1. The van der Waals surface area contributed by atoms with Gasteiger partial charge in [0.25, 0.3) is 6.43 Å². The highest BCUT2D eigenvalue weighted by atomic mass is 32.3. The first-order valence-corrected chi connectivity index (χ1v) is 7.03. The number of nitrogens with two attached hydrogens (primary N) is 1. The maximum absolute atomic E-state index is 11.0. The lowest BCUT2D eigenvalue weighted by Gasteiger charge is -2.36. The van der Waals surface area contributed by atoms with Crippen molar-refractivity contribution in [3.63, 3.8) is 0 Å². The van der Waals surface area contributed by atoms with Gasteiger partial charge in [0, 0.05) is 6.54 Å². The van der Waals surface area contributed by atoms with Gasteiger partial charge in [-0.05, 0) is 7.05 Å². The van der Waals surface area contributed by atoms with Crippen molar-refractivity contribution in [2.24, 2.45) is 5.14 Å². The molecule has 0 aliphatic rings. The first kappa shape index (κ1) is 22.8. The van der Waals surface area contributed by atoms with Crippen molar-refractivity contribution in [2.45, 2.75) is 27.2 Å². The molecule has 0 heterocycles. The molecule has 18 heavy (non-hydrogen) atoms. The summed E-state index contributed by atoms with van der Waals surface area (Å²) in [6, 6.07) is 0. The van der Waals surface area contributed by atoms with Gasteiger partial charge in [0.2, 0.25) is 0 Å². The van der Waals surface area contributed by atoms with Gasteiger partial charge in [-0.15, -0.1) is 0 Å². The summed E-state index contributed by atoms with van der Waals surface area (Å²) < 4.78 is 40.6. The Morgan fingerprint density at radius 3 is 1.94 bits per heavy atom. The van der Waals surface area contributed by atoms with Gasteiger partial charge in [-0.1, -0.05) is 31.7 Å². The van der Waals surface area contributed by atoms with E-state index >= 15 is 0 Å². The molecule has 0 aromatic carbocycles. The van der Waals surface area contributed by atoms with Crippen LogP contribution >= 0.6 is 11.0 Å². The van der Waals surface area contributed by atoms with Gasteiger partial charge in [-0.2, -0.15) is 4.31 Å². The minimum atomic E-state index is -3.18. The summed E-state index contributed by atoms with van der Waals surface area (Å²) in [6.07, 6.45) is -1.64. The number of likely N-dealkylation sites (N-methyl/N-ethyl adjacent to an activating group) is 1. The fraction of sp³-hybridized carbons (Fsp3) is 0.889. The van der Waals surface area contributed by atoms with Crippen LogP contribution in [0, 0.1) is 0 Å². The summed E-state index contributed by atoms with van der Waals surface area (Å²) in [5, 5.41) is 7.25. The van der Waals surface area contributed by atoms with Gasteiger partial charge in [0.15, 0.2) is 0 Å². The van der Waals surface area contributed by atoms with Crippen molar-refractivity contribution in [1.29, 1.82) is 0 Å². The van der Waals surface area contributed by atoms with Crippen molar-refractivity contribution < 1.29 is 22.7 Å². The standard InChI is InChI=1S/C4H12N2O3S.C3H7F2N.C2H6/c1-2-6(3-4-7)10(5,8)9;1-6-2-3(4)5;1-2/h4,8-9H,2-3,5H2,1H3;3,6H,2H2,1H3;1-2H3. The number of hydrogen-bond donors (Lipinski definition) is 4. The Kier molecular flexibility index (Phi) is 18.7. The molecular weight excluding hydrogens is 268 g/mol. The van der Waals surface area contributed by atoms with Crippen LogP contribution in [0.2, 0.25) is 0 Å². The normalized spacial score (nSPS) is 11.3. The summed E-state index contributed by atoms with van der Waals surface area (Å²) in [6.45, 7) is 5.78. The molecule has 9 heteroatoms. The maximum Gasteiger partial charge on any atom is 0.250 e. The molecule has 0 aromatic heterocycles. The number of carbonyl (C=O) groups is 1. The molecule has 0 rings (SSSR count). The monoisotopic (exact) mass is 293 g/mol. The van der Waals surface area contributed by atoms with Gasteiger partial charge < -0.3 is 10.1 Å². The highest BCUT2D eigenvalue weighted by Gasteiger charge is 2.14. The van der Waals surface area contributed by atoms with E-state index < -0.39 is 17.4 Å². The van der Waals surface area contributed by atoms with Crippen molar-refractivity contribution >= 4 is 17.2 Å². The Morgan fingerprint density at radius 2 is 1.89 bits per heavy atom. The largest absolute Gasteiger partial charge is 0.315 e. The molecule has 0 aromatic rings. The topological polar surface area (TPSA) is 98.8 Å². The van der Waals surface area contributed by atoms with Crippen LogP contribution in [0.5, 0.6) is 0 Å². The SMILES string of the molecule is CC.CCN(CC=O)S(N)(O)O.CNCC(F)F. The molecule has 0 aliphatic carbocycles. The Hall–Kier alpha value is -0.320. The van der Waals surface area contributed by atoms with Crippen molar-refractivity contribution in [1.82, 2.24) is 9.62 Å². The second kappa shape index (κ2) is 14.7. The minimum Gasteiger partial charge on any atom is -0.315 e. The summed E-state index contributed by atoms with van der Waals surface area (Å²) in [4.78, 5) is 9.91. The minimum absolute atomic E-state index is 0.0463. The summed E-state index contributed by atoms with van der Waals surface area (Å²) in [5.41, 5.74) is 0. The zero-order chi connectivity index (χ0) is 15.2. The van der Waals surface area contributed by atoms with E-state index in [0.717, 1.165) is 4.31 Å². The molecule has 0 aliphatic heterocycles. The number of nitrogens with one attached hydrogen (secondary N) is 1. The maximum atomic E-state index is 11.0. The molecule has 0 atom stereocenters. The second-order valence-corrected chi connectivity index (χ2v) is 4.30. The van der Waals surface area contributed by atoms with Crippen LogP contribution in [0.3, 0.4) is 0 Å². The molecule has 0 fully saturated rings. The van der Waals surface area contributed by atoms with Crippen LogP contribution in [0.15, 0.2) is 0 Å². The van der Waals surface area contributed by atoms with Gasteiger partial charge in [-0.3, -0.25) is 9.11 Å². The van der Waals surface area contributed by atoms with E-state index in [0.29, 0.717) is 12.8 Å².